The molecule has 0 aromatic heterocycles. The molecule has 2 aromatic rings. The molecule has 0 heterocycles. The maximum absolute atomic E-state index is 11.8. The van der Waals surface area contributed by atoms with Crippen LogP contribution in [0.15, 0.2) is 48.5 Å². The molecule has 1 N–H and O–H groups in total. The van der Waals surface area contributed by atoms with Gasteiger partial charge in [0.1, 0.15) is 0 Å². The van der Waals surface area contributed by atoms with E-state index in [2.05, 4.69) is 42.6 Å². The lowest BCUT2D eigenvalue weighted by molar-refractivity contribution is -0.117. The zero-order valence-electron chi connectivity index (χ0n) is 11.0. The summed E-state index contributed by atoms with van der Waals surface area (Å²) in [6.45, 7) is 2.09. The Bertz CT molecular complexity index is 614. The monoisotopic (exact) mass is 251 g/mol. The van der Waals surface area contributed by atoms with Crippen LogP contribution in [0.3, 0.4) is 0 Å². The van der Waals surface area contributed by atoms with Crippen molar-refractivity contribution in [3.63, 3.8) is 0 Å². The highest BCUT2D eigenvalue weighted by Crippen LogP contribution is 2.31. The first kappa shape index (κ1) is 12.0. The van der Waals surface area contributed by atoms with Gasteiger partial charge >= 0.3 is 0 Å². The van der Waals surface area contributed by atoms with Crippen LogP contribution in [0.4, 0.5) is 5.69 Å². The Hall–Kier alpha value is -2.09. The number of rotatable bonds is 3. The second-order valence-electron chi connectivity index (χ2n) is 5.21. The third-order valence-electron chi connectivity index (χ3n) is 3.43. The van der Waals surface area contributed by atoms with E-state index in [1.165, 1.54) is 11.1 Å². The Morgan fingerprint density at radius 3 is 2.42 bits per heavy atom. The summed E-state index contributed by atoms with van der Waals surface area (Å²) in [6, 6.07) is 16.4. The van der Waals surface area contributed by atoms with E-state index in [4.69, 9.17) is 0 Å². The van der Waals surface area contributed by atoms with E-state index in [1.807, 2.05) is 18.2 Å². The van der Waals surface area contributed by atoms with Crippen molar-refractivity contribution in [3.8, 4) is 11.1 Å². The minimum Gasteiger partial charge on any atom is -0.326 e. The molecule has 1 aliphatic carbocycles. The molecule has 2 nitrogen and oxygen atoms in total. The molecule has 0 unspecified atom stereocenters. The third kappa shape index (κ3) is 2.84. The number of carbonyl (C=O) groups excluding carboxylic acids is 1. The number of hydrogen-bond acceptors (Lipinski definition) is 1. The largest absolute Gasteiger partial charge is 0.326 e. The molecule has 96 valence electrons. The molecule has 1 saturated carbocycles. The molecule has 19 heavy (non-hydrogen) atoms. The summed E-state index contributed by atoms with van der Waals surface area (Å²) in [4.78, 5) is 11.8. The second-order valence-corrected chi connectivity index (χ2v) is 5.21. The topological polar surface area (TPSA) is 29.1 Å². The van der Waals surface area contributed by atoms with Gasteiger partial charge in [0.05, 0.1) is 0 Å². The van der Waals surface area contributed by atoms with Gasteiger partial charge < -0.3 is 5.32 Å². The quantitative estimate of drug-likeness (QED) is 0.877. The average molecular weight is 251 g/mol. The van der Waals surface area contributed by atoms with Gasteiger partial charge in [0.15, 0.2) is 0 Å². The fourth-order valence-corrected chi connectivity index (χ4v) is 2.19. The first-order valence-electron chi connectivity index (χ1n) is 6.70. The molecule has 0 aliphatic heterocycles. The average Bonchev–Trinajstić information content (AvgIpc) is 3.23. The van der Waals surface area contributed by atoms with Gasteiger partial charge in [-0.05, 0) is 43.0 Å². The number of aryl methyl sites for hydroxylation is 1. The number of anilines is 1. The minimum atomic E-state index is 0.154. The van der Waals surface area contributed by atoms with Crippen LogP contribution < -0.4 is 5.32 Å². The normalized spacial score (nSPS) is 14.2. The van der Waals surface area contributed by atoms with Crippen LogP contribution in [0.25, 0.3) is 11.1 Å². The number of carbonyl (C=O) groups is 1. The number of amides is 1. The predicted molar refractivity (Wildman–Crippen MR) is 78.0 cm³/mol. The molecule has 1 amide bonds. The molecule has 3 rings (SSSR count). The summed E-state index contributed by atoms with van der Waals surface area (Å²) in [5, 5.41) is 2.99. The van der Waals surface area contributed by atoms with Gasteiger partial charge in [-0.1, -0.05) is 42.0 Å². The standard InChI is InChI=1S/C17H17NO/c1-12-4-2-5-14(10-12)15-6-3-7-16(11-15)18-17(19)13-8-9-13/h2-7,10-11,13H,8-9H2,1H3,(H,18,19). The molecule has 0 saturated heterocycles. The van der Waals surface area contributed by atoms with Crippen molar-refractivity contribution in [1.29, 1.82) is 0 Å². The highest BCUT2D eigenvalue weighted by molar-refractivity contribution is 5.94. The maximum Gasteiger partial charge on any atom is 0.227 e. The van der Waals surface area contributed by atoms with Gasteiger partial charge in [-0.2, -0.15) is 0 Å². The first-order valence-corrected chi connectivity index (χ1v) is 6.70. The van der Waals surface area contributed by atoms with E-state index in [0.29, 0.717) is 0 Å². The molecule has 1 aliphatic rings. The van der Waals surface area contributed by atoms with Gasteiger partial charge in [-0.3, -0.25) is 4.79 Å². The molecule has 0 radical (unpaired) electrons. The van der Waals surface area contributed by atoms with Crippen molar-refractivity contribution in [2.45, 2.75) is 19.8 Å². The van der Waals surface area contributed by atoms with Gasteiger partial charge in [0.25, 0.3) is 0 Å². The van der Waals surface area contributed by atoms with Crippen LogP contribution >= 0.6 is 0 Å². The maximum atomic E-state index is 11.8. The predicted octanol–water partition coefficient (Wildman–Crippen LogP) is 4.01. The van der Waals surface area contributed by atoms with Crippen molar-refractivity contribution in [3.05, 3.63) is 54.1 Å². The van der Waals surface area contributed by atoms with Crippen LogP contribution in [0.2, 0.25) is 0 Å². The zero-order chi connectivity index (χ0) is 13.2. The van der Waals surface area contributed by atoms with E-state index in [9.17, 15) is 4.79 Å². The van der Waals surface area contributed by atoms with E-state index in [-0.39, 0.29) is 11.8 Å². The van der Waals surface area contributed by atoms with Crippen LogP contribution in [0, 0.1) is 12.8 Å². The van der Waals surface area contributed by atoms with Gasteiger partial charge in [0, 0.05) is 11.6 Å². The molecular weight excluding hydrogens is 234 g/mol. The van der Waals surface area contributed by atoms with E-state index in [0.717, 1.165) is 24.1 Å². The van der Waals surface area contributed by atoms with E-state index in [1.54, 1.807) is 0 Å². The van der Waals surface area contributed by atoms with Crippen molar-refractivity contribution in [1.82, 2.24) is 0 Å². The van der Waals surface area contributed by atoms with Crippen molar-refractivity contribution in [2.24, 2.45) is 5.92 Å². The summed E-state index contributed by atoms with van der Waals surface area (Å²) >= 11 is 0. The Balaban J connectivity index is 1.84. The molecule has 0 atom stereocenters. The summed E-state index contributed by atoms with van der Waals surface area (Å²) in [5.74, 6) is 0.393. The SMILES string of the molecule is Cc1cccc(-c2cccc(NC(=O)C3CC3)c2)c1. The smallest absolute Gasteiger partial charge is 0.227 e. The molecule has 2 aromatic carbocycles. The molecular formula is C17H17NO. The Morgan fingerprint density at radius 2 is 1.74 bits per heavy atom. The fraction of sp³-hybridized carbons (Fsp3) is 0.235. The second kappa shape index (κ2) is 4.88. The highest BCUT2D eigenvalue weighted by atomic mass is 16.2. The summed E-state index contributed by atoms with van der Waals surface area (Å²) < 4.78 is 0. The van der Waals surface area contributed by atoms with E-state index < -0.39 is 0 Å². The zero-order valence-corrected chi connectivity index (χ0v) is 11.0. The van der Waals surface area contributed by atoms with Gasteiger partial charge in [-0.15, -0.1) is 0 Å². The van der Waals surface area contributed by atoms with Crippen LogP contribution in [-0.2, 0) is 4.79 Å². The molecule has 0 spiro atoms. The first-order chi connectivity index (χ1) is 9.22. The minimum absolute atomic E-state index is 0.154. The van der Waals surface area contributed by atoms with Crippen molar-refractivity contribution in [2.75, 3.05) is 5.32 Å². The molecule has 1 fully saturated rings. The Kier molecular flexibility index (Phi) is 3.08. The summed E-state index contributed by atoms with van der Waals surface area (Å²) in [5.41, 5.74) is 4.45. The van der Waals surface area contributed by atoms with Crippen molar-refractivity contribution < 1.29 is 4.79 Å². The molecule has 2 heteroatoms. The molecule has 0 bridgehead atoms. The van der Waals surface area contributed by atoms with Gasteiger partial charge in [-0.25, -0.2) is 0 Å². The number of hydrogen-bond donors (Lipinski definition) is 1. The van der Waals surface area contributed by atoms with Crippen molar-refractivity contribution >= 4 is 11.6 Å². The fourth-order valence-electron chi connectivity index (χ4n) is 2.19. The summed E-state index contributed by atoms with van der Waals surface area (Å²) in [7, 11) is 0. The summed E-state index contributed by atoms with van der Waals surface area (Å²) in [6.07, 6.45) is 2.06. The Morgan fingerprint density at radius 1 is 1.05 bits per heavy atom. The lowest BCUT2D eigenvalue weighted by atomic mass is 10.0. The third-order valence-corrected chi connectivity index (χ3v) is 3.43. The van der Waals surface area contributed by atoms with Gasteiger partial charge in [0.2, 0.25) is 5.91 Å². The highest BCUT2D eigenvalue weighted by Gasteiger charge is 2.29. The lowest BCUT2D eigenvalue weighted by Crippen LogP contribution is -2.13. The Labute approximate surface area is 113 Å². The van der Waals surface area contributed by atoms with Crippen LogP contribution in [0.5, 0.6) is 0 Å². The van der Waals surface area contributed by atoms with Crippen LogP contribution in [0.1, 0.15) is 18.4 Å². The van der Waals surface area contributed by atoms with E-state index >= 15 is 0 Å². The lowest BCUT2D eigenvalue weighted by Gasteiger charge is -2.07. The number of benzene rings is 2. The van der Waals surface area contributed by atoms with Crippen LogP contribution in [-0.4, -0.2) is 5.91 Å². The number of nitrogens with one attached hydrogen (secondary N) is 1.